The zero-order valence-electron chi connectivity index (χ0n) is 36.0. The number of unbranched alkanes of at least 4 members (excludes halogenated alkanes) is 2. The Labute approximate surface area is 338 Å². The fourth-order valence-electron chi connectivity index (χ4n) is 11.7. The van der Waals surface area contributed by atoms with E-state index < -0.39 is 0 Å². The molecule has 0 heterocycles. The van der Waals surface area contributed by atoms with Crippen molar-refractivity contribution in [3.63, 3.8) is 0 Å². The van der Waals surface area contributed by atoms with Crippen LogP contribution in [0.5, 0.6) is 11.5 Å². The first-order valence-corrected chi connectivity index (χ1v) is 24.2. The molecule has 3 nitrogen and oxygen atoms in total. The average Bonchev–Trinajstić information content (AvgIpc) is 3.25. The van der Waals surface area contributed by atoms with E-state index in [4.69, 9.17) is 14.2 Å². The Morgan fingerprint density at radius 2 is 0.745 bits per heavy atom. The zero-order chi connectivity index (χ0) is 38.2. The highest BCUT2D eigenvalue weighted by atomic mass is 16.5. The van der Waals surface area contributed by atoms with Gasteiger partial charge in [-0.2, -0.15) is 0 Å². The van der Waals surface area contributed by atoms with Crippen LogP contribution >= 0.6 is 0 Å². The van der Waals surface area contributed by atoms with Crippen LogP contribution in [-0.2, 0) is 4.74 Å². The van der Waals surface area contributed by atoms with Crippen LogP contribution in [-0.4, -0.2) is 13.2 Å². The molecule has 4 aliphatic carbocycles. The van der Waals surface area contributed by atoms with Gasteiger partial charge in [0.1, 0.15) is 11.5 Å². The van der Waals surface area contributed by atoms with Gasteiger partial charge in [0.25, 0.3) is 0 Å². The molecule has 0 saturated heterocycles. The number of hydrogen-bond donors (Lipinski definition) is 0. The molecule has 308 valence electrons. The minimum Gasteiger partial charge on any atom is -0.494 e. The molecule has 0 radical (unpaired) electrons. The van der Waals surface area contributed by atoms with Gasteiger partial charge in [0.05, 0.1) is 25.4 Å². The van der Waals surface area contributed by atoms with Crippen molar-refractivity contribution in [2.45, 2.75) is 194 Å². The summed E-state index contributed by atoms with van der Waals surface area (Å²) in [5, 5.41) is 0. The third kappa shape index (κ3) is 12.5. The van der Waals surface area contributed by atoms with Crippen LogP contribution in [0.2, 0.25) is 0 Å². The summed E-state index contributed by atoms with van der Waals surface area (Å²) in [6.45, 7) is 10.6. The number of rotatable bonds is 20. The maximum absolute atomic E-state index is 7.73. The highest BCUT2D eigenvalue weighted by molar-refractivity contribution is 5.31. The summed E-state index contributed by atoms with van der Waals surface area (Å²) in [5.74, 6) is 8.83. The molecule has 4 fully saturated rings. The lowest BCUT2D eigenvalue weighted by Gasteiger charge is -2.43. The lowest BCUT2D eigenvalue weighted by atomic mass is 9.67. The van der Waals surface area contributed by atoms with E-state index in [9.17, 15) is 0 Å². The monoisotopic (exact) mass is 755 g/mol. The highest BCUT2D eigenvalue weighted by Crippen LogP contribution is 2.50. The van der Waals surface area contributed by atoms with Crippen LogP contribution in [0.15, 0.2) is 48.5 Å². The number of hydrogen-bond acceptors (Lipinski definition) is 3. The average molecular weight is 755 g/mol. The Kier molecular flexibility index (Phi) is 17.7. The summed E-state index contributed by atoms with van der Waals surface area (Å²) >= 11 is 0. The molecule has 6 rings (SSSR count). The standard InChI is InChI=1S/C52H82O3/c1-5-9-11-39-13-17-41(18-14-39)43-21-25-45(26-22-43)51(47-29-33-49(34-30-47)53-37-7-3)55-52(48-31-35-50(36-32-48)54-38-8-4)46-27-23-44(24-28-46)42-19-15-40(16-20-42)12-10-6-2/h29-36,39-46,51-52H,5-28,37-38H2,1-4H3. The van der Waals surface area contributed by atoms with Crippen LogP contribution in [0.3, 0.4) is 0 Å². The van der Waals surface area contributed by atoms with E-state index in [0.29, 0.717) is 11.8 Å². The van der Waals surface area contributed by atoms with Crippen molar-refractivity contribution < 1.29 is 14.2 Å². The van der Waals surface area contributed by atoms with Gasteiger partial charge in [0, 0.05) is 0 Å². The molecule has 0 aliphatic heterocycles. The third-order valence-electron chi connectivity index (χ3n) is 15.2. The predicted octanol–water partition coefficient (Wildman–Crippen LogP) is 15.7. The first kappa shape index (κ1) is 42.6. The molecule has 3 heteroatoms. The van der Waals surface area contributed by atoms with Gasteiger partial charge >= 0.3 is 0 Å². The predicted molar refractivity (Wildman–Crippen MR) is 232 cm³/mol. The van der Waals surface area contributed by atoms with E-state index in [1.807, 2.05) is 0 Å². The largest absolute Gasteiger partial charge is 0.494 e. The summed E-state index contributed by atoms with van der Waals surface area (Å²) in [7, 11) is 0. The second-order valence-corrected chi connectivity index (χ2v) is 19.0. The second-order valence-electron chi connectivity index (χ2n) is 19.0. The first-order chi connectivity index (χ1) is 27.1. The molecular weight excluding hydrogens is 673 g/mol. The van der Waals surface area contributed by atoms with Gasteiger partial charge in [0.15, 0.2) is 0 Å². The maximum Gasteiger partial charge on any atom is 0.119 e. The fraction of sp³-hybridized carbons (Fsp3) is 0.769. The van der Waals surface area contributed by atoms with Gasteiger partial charge in [-0.05, 0) is 173 Å². The SMILES string of the molecule is CCCCC1CCC(C2CCC(C(OC(c3ccc(OCCC)cc3)C3CCC(C4CCC(CCCC)CC4)CC3)c3ccc(OCCC)cc3)CC2)CC1. The molecule has 0 amide bonds. The Balaban J connectivity index is 1.16. The van der Waals surface area contributed by atoms with Crippen molar-refractivity contribution in [3.05, 3.63) is 59.7 Å². The van der Waals surface area contributed by atoms with Gasteiger partial charge in [-0.25, -0.2) is 0 Å². The van der Waals surface area contributed by atoms with E-state index in [-0.39, 0.29) is 12.2 Å². The zero-order valence-corrected chi connectivity index (χ0v) is 36.0. The van der Waals surface area contributed by atoms with Gasteiger partial charge < -0.3 is 14.2 Å². The van der Waals surface area contributed by atoms with Gasteiger partial charge in [-0.15, -0.1) is 0 Å². The minimum atomic E-state index is 0.114. The summed E-state index contributed by atoms with van der Waals surface area (Å²) in [6, 6.07) is 18.2. The Morgan fingerprint density at radius 1 is 0.418 bits per heavy atom. The summed E-state index contributed by atoms with van der Waals surface area (Å²) in [5.41, 5.74) is 2.70. The molecule has 0 aromatic heterocycles. The smallest absolute Gasteiger partial charge is 0.119 e. The van der Waals surface area contributed by atoms with Crippen LogP contribution in [0, 0.1) is 47.3 Å². The van der Waals surface area contributed by atoms with Gasteiger partial charge in [0.2, 0.25) is 0 Å². The summed E-state index contributed by atoms with van der Waals surface area (Å²) in [6.07, 6.45) is 33.3. The van der Waals surface area contributed by atoms with Gasteiger partial charge in [-0.3, -0.25) is 0 Å². The molecular formula is C52H82O3. The van der Waals surface area contributed by atoms with Crippen molar-refractivity contribution in [1.29, 1.82) is 0 Å². The third-order valence-corrected chi connectivity index (χ3v) is 15.2. The molecule has 4 aliphatic rings. The Hall–Kier alpha value is -2.00. The van der Waals surface area contributed by atoms with E-state index in [2.05, 4.69) is 76.2 Å². The van der Waals surface area contributed by atoms with Crippen molar-refractivity contribution in [3.8, 4) is 11.5 Å². The first-order valence-electron chi connectivity index (χ1n) is 24.2. The van der Waals surface area contributed by atoms with Gasteiger partial charge in [-0.1, -0.05) is 116 Å². The van der Waals surface area contributed by atoms with Crippen molar-refractivity contribution >= 4 is 0 Å². The van der Waals surface area contributed by atoms with Crippen molar-refractivity contribution in [2.75, 3.05) is 13.2 Å². The lowest BCUT2D eigenvalue weighted by Crippen LogP contribution is -2.31. The maximum atomic E-state index is 7.73. The molecule has 0 N–H and O–H groups in total. The number of benzene rings is 2. The van der Waals surface area contributed by atoms with E-state index in [1.165, 1.54) is 152 Å². The van der Waals surface area contributed by atoms with Crippen molar-refractivity contribution in [2.24, 2.45) is 47.3 Å². The van der Waals surface area contributed by atoms with Crippen LogP contribution in [0.4, 0.5) is 0 Å². The molecule has 55 heavy (non-hydrogen) atoms. The quantitative estimate of drug-likeness (QED) is 0.135. The van der Waals surface area contributed by atoms with E-state index in [0.717, 1.165) is 73.1 Å². The molecule has 2 aromatic carbocycles. The summed E-state index contributed by atoms with van der Waals surface area (Å²) < 4.78 is 19.8. The topological polar surface area (TPSA) is 27.7 Å². The van der Waals surface area contributed by atoms with Crippen LogP contribution < -0.4 is 9.47 Å². The Bertz CT molecular complexity index is 1190. The lowest BCUT2D eigenvalue weighted by molar-refractivity contribution is -0.0935. The highest BCUT2D eigenvalue weighted by Gasteiger charge is 2.39. The molecule has 4 saturated carbocycles. The van der Waals surface area contributed by atoms with Crippen molar-refractivity contribution in [1.82, 2.24) is 0 Å². The van der Waals surface area contributed by atoms with Crippen LogP contribution in [0.1, 0.15) is 205 Å². The van der Waals surface area contributed by atoms with E-state index in [1.54, 1.807) is 0 Å². The molecule has 2 unspecified atom stereocenters. The van der Waals surface area contributed by atoms with Crippen LogP contribution in [0.25, 0.3) is 0 Å². The minimum absolute atomic E-state index is 0.114. The molecule has 2 atom stereocenters. The Morgan fingerprint density at radius 3 is 1.05 bits per heavy atom. The normalized spacial score (nSPS) is 30.0. The molecule has 0 spiro atoms. The fourth-order valence-corrected chi connectivity index (χ4v) is 11.7. The number of ether oxygens (including phenoxy) is 3. The molecule has 0 bridgehead atoms. The van der Waals surface area contributed by atoms with E-state index >= 15 is 0 Å². The summed E-state index contributed by atoms with van der Waals surface area (Å²) in [4.78, 5) is 0. The molecule has 2 aromatic rings. The second kappa shape index (κ2) is 22.8.